The second-order valence-corrected chi connectivity index (χ2v) is 5.30. The lowest BCUT2D eigenvalue weighted by molar-refractivity contribution is -0.385. The van der Waals surface area contributed by atoms with E-state index in [1.807, 2.05) is 0 Å². The van der Waals surface area contributed by atoms with Crippen molar-refractivity contribution in [2.75, 3.05) is 5.32 Å². The third-order valence-corrected chi connectivity index (χ3v) is 3.42. The highest BCUT2D eigenvalue weighted by Crippen LogP contribution is 2.21. The van der Waals surface area contributed by atoms with E-state index in [2.05, 4.69) is 15.3 Å². The summed E-state index contributed by atoms with van der Waals surface area (Å²) in [7, 11) is 0. The molecule has 0 fully saturated rings. The molecule has 0 aliphatic rings. The molecule has 27 heavy (non-hydrogen) atoms. The van der Waals surface area contributed by atoms with Gasteiger partial charge in [-0.1, -0.05) is 12.1 Å². The van der Waals surface area contributed by atoms with Gasteiger partial charge in [0.25, 0.3) is 5.69 Å². The van der Waals surface area contributed by atoms with Gasteiger partial charge < -0.3 is 10.1 Å². The van der Waals surface area contributed by atoms with Gasteiger partial charge in [0.2, 0.25) is 5.91 Å². The minimum Gasteiger partial charge on any atom is -0.424 e. The molecule has 0 unspecified atom stereocenters. The average Bonchev–Trinajstić information content (AvgIpc) is 2.69. The van der Waals surface area contributed by atoms with E-state index in [1.165, 1.54) is 18.2 Å². The Hall–Kier alpha value is -4.07. The number of amides is 1. The standard InChI is InChI=1S/C19H14N4O4/c24-18(11-6-14-4-1-2-5-17(14)23(25)26)22-15-7-9-16(10-8-15)27-19-20-12-3-13-21-19/h1-13H,(H,22,24)/b11-6+. The molecule has 0 saturated heterocycles. The smallest absolute Gasteiger partial charge is 0.321 e. The van der Waals surface area contributed by atoms with Crippen molar-refractivity contribution in [1.29, 1.82) is 0 Å². The van der Waals surface area contributed by atoms with Crippen molar-refractivity contribution in [3.63, 3.8) is 0 Å². The summed E-state index contributed by atoms with van der Waals surface area (Å²) in [6, 6.07) is 14.7. The number of hydrogen-bond acceptors (Lipinski definition) is 6. The van der Waals surface area contributed by atoms with Crippen LogP contribution in [0.25, 0.3) is 6.08 Å². The van der Waals surface area contributed by atoms with E-state index in [0.29, 0.717) is 17.0 Å². The third kappa shape index (κ3) is 4.95. The van der Waals surface area contributed by atoms with E-state index in [1.54, 1.807) is 60.9 Å². The van der Waals surface area contributed by atoms with Crippen LogP contribution in [0.4, 0.5) is 11.4 Å². The van der Waals surface area contributed by atoms with Gasteiger partial charge in [-0.15, -0.1) is 0 Å². The number of ether oxygens (including phenoxy) is 1. The number of carbonyl (C=O) groups is 1. The maximum absolute atomic E-state index is 12.0. The number of anilines is 1. The number of benzene rings is 2. The number of hydrogen-bond donors (Lipinski definition) is 1. The van der Waals surface area contributed by atoms with Crippen LogP contribution in [0, 0.1) is 10.1 Å². The molecule has 2 aromatic carbocycles. The van der Waals surface area contributed by atoms with Crippen molar-refractivity contribution in [1.82, 2.24) is 9.97 Å². The van der Waals surface area contributed by atoms with Gasteiger partial charge >= 0.3 is 6.01 Å². The van der Waals surface area contributed by atoms with Gasteiger partial charge in [0.15, 0.2) is 0 Å². The van der Waals surface area contributed by atoms with Gasteiger partial charge in [-0.2, -0.15) is 0 Å². The molecule has 1 heterocycles. The van der Waals surface area contributed by atoms with E-state index in [-0.39, 0.29) is 11.7 Å². The van der Waals surface area contributed by atoms with Crippen LogP contribution in [0.3, 0.4) is 0 Å². The maximum Gasteiger partial charge on any atom is 0.321 e. The Bertz CT molecular complexity index is 973. The minimum atomic E-state index is -0.493. The van der Waals surface area contributed by atoms with Crippen LogP contribution in [0.5, 0.6) is 11.8 Å². The molecule has 1 aromatic heterocycles. The van der Waals surface area contributed by atoms with Crippen molar-refractivity contribution in [2.24, 2.45) is 0 Å². The van der Waals surface area contributed by atoms with Gasteiger partial charge in [0, 0.05) is 30.2 Å². The van der Waals surface area contributed by atoms with Crippen LogP contribution in [-0.4, -0.2) is 20.8 Å². The monoisotopic (exact) mass is 362 g/mol. The Morgan fingerprint density at radius 1 is 1.04 bits per heavy atom. The van der Waals surface area contributed by atoms with Crippen molar-refractivity contribution in [3.8, 4) is 11.8 Å². The highest BCUT2D eigenvalue weighted by molar-refractivity contribution is 6.02. The quantitative estimate of drug-likeness (QED) is 0.406. The Morgan fingerprint density at radius 3 is 2.44 bits per heavy atom. The topological polar surface area (TPSA) is 107 Å². The van der Waals surface area contributed by atoms with E-state index < -0.39 is 10.8 Å². The van der Waals surface area contributed by atoms with Crippen molar-refractivity contribution in [2.45, 2.75) is 0 Å². The van der Waals surface area contributed by atoms with Gasteiger partial charge in [0.05, 0.1) is 10.5 Å². The fourth-order valence-corrected chi connectivity index (χ4v) is 2.19. The normalized spacial score (nSPS) is 10.5. The van der Waals surface area contributed by atoms with Crippen LogP contribution in [0.1, 0.15) is 5.56 Å². The van der Waals surface area contributed by atoms with Crippen molar-refractivity contribution >= 4 is 23.4 Å². The highest BCUT2D eigenvalue weighted by atomic mass is 16.6. The number of nitrogens with zero attached hydrogens (tertiary/aromatic N) is 3. The predicted octanol–water partition coefficient (Wildman–Crippen LogP) is 3.83. The summed E-state index contributed by atoms with van der Waals surface area (Å²) in [6.07, 6.45) is 5.78. The molecule has 8 heteroatoms. The summed E-state index contributed by atoms with van der Waals surface area (Å²) in [5.74, 6) is 0.114. The number of nitrogens with one attached hydrogen (secondary N) is 1. The molecule has 0 saturated carbocycles. The zero-order chi connectivity index (χ0) is 19.1. The molecular formula is C19H14N4O4. The number of nitro groups is 1. The molecule has 0 bridgehead atoms. The van der Waals surface area contributed by atoms with E-state index >= 15 is 0 Å². The molecule has 134 valence electrons. The number of rotatable bonds is 6. The fourth-order valence-electron chi connectivity index (χ4n) is 2.19. The molecule has 3 rings (SSSR count). The van der Waals surface area contributed by atoms with Crippen LogP contribution in [-0.2, 0) is 4.79 Å². The van der Waals surface area contributed by atoms with E-state index in [0.717, 1.165) is 0 Å². The van der Waals surface area contributed by atoms with Crippen LogP contribution in [0.15, 0.2) is 73.1 Å². The minimum absolute atomic E-state index is 0.0637. The molecule has 1 amide bonds. The third-order valence-electron chi connectivity index (χ3n) is 3.42. The first-order valence-corrected chi connectivity index (χ1v) is 7.89. The second kappa shape index (κ2) is 8.34. The first kappa shape index (κ1) is 17.7. The summed E-state index contributed by atoms with van der Waals surface area (Å²) >= 11 is 0. The summed E-state index contributed by atoms with van der Waals surface area (Å²) in [5, 5.41) is 13.6. The summed E-state index contributed by atoms with van der Waals surface area (Å²) in [4.78, 5) is 30.4. The summed E-state index contributed by atoms with van der Waals surface area (Å²) in [6.45, 7) is 0. The second-order valence-electron chi connectivity index (χ2n) is 5.30. The summed E-state index contributed by atoms with van der Waals surface area (Å²) in [5.41, 5.74) is 0.837. The van der Waals surface area contributed by atoms with Crippen LogP contribution >= 0.6 is 0 Å². The highest BCUT2D eigenvalue weighted by Gasteiger charge is 2.09. The zero-order valence-electron chi connectivity index (χ0n) is 14.0. The molecule has 0 radical (unpaired) electrons. The lowest BCUT2D eigenvalue weighted by atomic mass is 10.1. The molecule has 1 N–H and O–H groups in total. The first-order valence-electron chi connectivity index (χ1n) is 7.89. The average molecular weight is 362 g/mol. The largest absolute Gasteiger partial charge is 0.424 e. The lowest BCUT2D eigenvalue weighted by Crippen LogP contribution is -2.07. The Balaban J connectivity index is 1.62. The molecule has 0 atom stereocenters. The van der Waals surface area contributed by atoms with Gasteiger partial charge in [-0.25, -0.2) is 9.97 Å². The Labute approximate surface area is 154 Å². The van der Waals surface area contributed by atoms with Crippen LogP contribution < -0.4 is 10.1 Å². The SMILES string of the molecule is O=C(/C=C/c1ccccc1[N+](=O)[O-])Nc1ccc(Oc2ncccn2)cc1. The number of para-hydroxylation sites is 1. The lowest BCUT2D eigenvalue weighted by Gasteiger charge is -2.05. The number of nitro benzene ring substituents is 1. The fraction of sp³-hybridized carbons (Fsp3) is 0. The molecule has 0 aliphatic carbocycles. The van der Waals surface area contributed by atoms with Gasteiger partial charge in [0.1, 0.15) is 5.75 Å². The van der Waals surface area contributed by atoms with Gasteiger partial charge in [-0.05, 0) is 42.5 Å². The number of aromatic nitrogens is 2. The summed E-state index contributed by atoms with van der Waals surface area (Å²) < 4.78 is 5.47. The van der Waals surface area contributed by atoms with Gasteiger partial charge in [-0.3, -0.25) is 14.9 Å². The Morgan fingerprint density at radius 2 is 1.74 bits per heavy atom. The van der Waals surface area contributed by atoms with Crippen molar-refractivity contribution < 1.29 is 14.5 Å². The number of carbonyl (C=O) groups excluding carboxylic acids is 1. The first-order chi connectivity index (χ1) is 13.1. The molecule has 3 aromatic rings. The zero-order valence-corrected chi connectivity index (χ0v) is 14.0. The van der Waals surface area contributed by atoms with Crippen LogP contribution in [0.2, 0.25) is 0 Å². The molecular weight excluding hydrogens is 348 g/mol. The molecule has 0 spiro atoms. The Kier molecular flexibility index (Phi) is 5.48. The predicted molar refractivity (Wildman–Crippen MR) is 99.3 cm³/mol. The maximum atomic E-state index is 12.0. The van der Waals surface area contributed by atoms with E-state index in [4.69, 9.17) is 4.74 Å². The van der Waals surface area contributed by atoms with E-state index in [9.17, 15) is 14.9 Å². The van der Waals surface area contributed by atoms with Crippen molar-refractivity contribution in [3.05, 3.63) is 88.7 Å². The molecule has 8 nitrogen and oxygen atoms in total. The molecule has 0 aliphatic heterocycles.